The Labute approximate surface area is 170 Å². The molecule has 0 saturated carbocycles. The van der Waals surface area contributed by atoms with Gasteiger partial charge in [-0.25, -0.2) is 9.59 Å². The molecule has 2 rings (SSSR count). The molecule has 0 heterocycles. The van der Waals surface area contributed by atoms with Gasteiger partial charge in [0.2, 0.25) is 0 Å². The molecule has 0 aliphatic rings. The van der Waals surface area contributed by atoms with Gasteiger partial charge in [-0.1, -0.05) is 6.07 Å². The van der Waals surface area contributed by atoms with E-state index in [0.29, 0.717) is 11.3 Å². The maximum absolute atomic E-state index is 12.6. The molecule has 0 radical (unpaired) electrons. The third kappa shape index (κ3) is 5.94. The molecule has 0 atom stereocenters. The Bertz CT molecular complexity index is 926. The zero-order chi connectivity index (χ0) is 21.4. The van der Waals surface area contributed by atoms with Gasteiger partial charge in [0, 0.05) is 11.3 Å². The Morgan fingerprint density at radius 1 is 0.897 bits per heavy atom. The first kappa shape index (κ1) is 21.7. The van der Waals surface area contributed by atoms with E-state index >= 15 is 0 Å². The van der Waals surface area contributed by atoms with Gasteiger partial charge in [0.05, 0.1) is 26.3 Å². The Morgan fingerprint density at radius 3 is 2.10 bits per heavy atom. The minimum absolute atomic E-state index is 0.0307. The topological polar surface area (TPSA) is 117 Å². The van der Waals surface area contributed by atoms with Crippen LogP contribution in [0.15, 0.2) is 42.5 Å². The fourth-order valence-electron chi connectivity index (χ4n) is 2.17. The molecule has 0 aliphatic carbocycles. The maximum atomic E-state index is 12.6. The molecule has 2 aromatic carbocycles. The second-order valence-electron chi connectivity index (χ2n) is 5.37. The summed E-state index contributed by atoms with van der Waals surface area (Å²) >= 11 is 5.39. The fraction of sp³-hybridized carbons (Fsp3) is 0.158. The van der Waals surface area contributed by atoms with Gasteiger partial charge >= 0.3 is 12.3 Å². The molecule has 1 N–H and O–H groups in total. The molecule has 0 saturated heterocycles. The first-order chi connectivity index (χ1) is 13.8. The zero-order valence-corrected chi connectivity index (χ0v) is 16.1. The molecule has 0 spiro atoms. The second-order valence-corrected chi connectivity index (χ2v) is 5.72. The van der Waals surface area contributed by atoms with Crippen molar-refractivity contribution in [2.24, 2.45) is 0 Å². The number of carbonyl (C=O) groups is 4. The van der Waals surface area contributed by atoms with Crippen molar-refractivity contribution in [3.63, 3.8) is 0 Å². The number of nitrogens with one attached hydrogen (secondary N) is 1. The van der Waals surface area contributed by atoms with Crippen molar-refractivity contribution in [1.29, 1.82) is 0 Å². The molecule has 0 fully saturated rings. The number of carbonyl (C=O) groups excluding carboxylic acids is 4. The molecular weight excluding hydrogens is 406 g/mol. The van der Waals surface area contributed by atoms with Crippen molar-refractivity contribution in [3.05, 3.63) is 53.6 Å². The largest absolute Gasteiger partial charge is 0.513 e. The minimum Gasteiger partial charge on any atom is -0.437 e. The molecule has 10 heteroatoms. The molecule has 0 unspecified atom stereocenters. The summed E-state index contributed by atoms with van der Waals surface area (Å²) in [5.74, 6) is -0.963. The molecule has 29 heavy (non-hydrogen) atoms. The van der Waals surface area contributed by atoms with Crippen LogP contribution in [0.3, 0.4) is 0 Å². The van der Waals surface area contributed by atoms with E-state index in [2.05, 4.69) is 14.8 Å². The van der Waals surface area contributed by atoms with Crippen LogP contribution in [-0.4, -0.2) is 44.1 Å². The molecule has 9 nitrogen and oxygen atoms in total. The fourth-order valence-corrected chi connectivity index (χ4v) is 2.30. The van der Waals surface area contributed by atoms with Crippen LogP contribution in [-0.2, 0) is 9.47 Å². The summed E-state index contributed by atoms with van der Waals surface area (Å²) in [5.41, 5.74) is 0.833. The van der Waals surface area contributed by atoms with Crippen LogP contribution in [0.5, 0.6) is 11.5 Å². The van der Waals surface area contributed by atoms with E-state index in [0.717, 1.165) is 14.2 Å². The van der Waals surface area contributed by atoms with Gasteiger partial charge in [0.25, 0.3) is 5.24 Å². The van der Waals surface area contributed by atoms with E-state index in [9.17, 15) is 19.2 Å². The molecule has 0 bridgehead atoms. The minimum atomic E-state index is -1.10. The zero-order valence-electron chi connectivity index (χ0n) is 15.4. The summed E-state index contributed by atoms with van der Waals surface area (Å²) in [5, 5.41) is 2.27. The van der Waals surface area contributed by atoms with E-state index in [1.807, 2.05) is 0 Å². The predicted octanol–water partition coefficient (Wildman–Crippen LogP) is 3.65. The summed E-state index contributed by atoms with van der Waals surface area (Å²) in [4.78, 5) is 46.7. The third-order valence-electron chi connectivity index (χ3n) is 3.56. The van der Waals surface area contributed by atoms with Gasteiger partial charge in [-0.05, 0) is 48.0 Å². The number of ketones is 1. The second kappa shape index (κ2) is 10.1. The smallest absolute Gasteiger partial charge is 0.437 e. The number of benzene rings is 2. The quantitative estimate of drug-likeness (QED) is 0.309. The van der Waals surface area contributed by atoms with Crippen LogP contribution in [0.4, 0.5) is 15.3 Å². The predicted molar refractivity (Wildman–Crippen MR) is 102 cm³/mol. The number of hydrogen-bond donors (Lipinski definition) is 1. The first-order valence-electron chi connectivity index (χ1n) is 8.07. The average Bonchev–Trinajstić information content (AvgIpc) is 2.73. The van der Waals surface area contributed by atoms with Crippen LogP contribution in [0.25, 0.3) is 0 Å². The van der Waals surface area contributed by atoms with E-state index in [1.54, 1.807) is 12.1 Å². The average molecular weight is 422 g/mol. The normalized spacial score (nSPS) is 9.90. The van der Waals surface area contributed by atoms with Gasteiger partial charge in [0.15, 0.2) is 17.3 Å². The standard InChI is InChI=1S/C19H16ClNO8/c1-26-18(24)28-15-5-3-4-13(16(15)29-19(25)27-2)14(22)10-21-12-8-6-11(7-9-12)17(20)23/h3-9,21H,10H2,1-2H3. The highest BCUT2D eigenvalue weighted by molar-refractivity contribution is 6.67. The maximum Gasteiger partial charge on any atom is 0.513 e. The summed E-state index contributed by atoms with van der Waals surface area (Å²) < 4.78 is 18.8. The Kier molecular flexibility index (Phi) is 7.55. The molecular formula is C19H16ClNO8. The Balaban J connectivity index is 2.22. The number of para-hydroxylation sites is 1. The monoisotopic (exact) mass is 421 g/mol. The van der Waals surface area contributed by atoms with Crippen LogP contribution in [0.1, 0.15) is 20.7 Å². The van der Waals surface area contributed by atoms with Crippen LogP contribution in [0, 0.1) is 0 Å². The number of rotatable bonds is 7. The van der Waals surface area contributed by atoms with E-state index in [4.69, 9.17) is 21.1 Å². The summed E-state index contributed by atoms with van der Waals surface area (Å²) in [7, 11) is 2.19. The number of Topliss-reactive ketones (excluding diaryl/α,β-unsaturated/α-hetero) is 1. The number of hydrogen-bond acceptors (Lipinski definition) is 9. The first-order valence-corrected chi connectivity index (χ1v) is 8.45. The van der Waals surface area contributed by atoms with E-state index in [1.165, 1.54) is 30.3 Å². The summed E-state index contributed by atoms with van der Waals surface area (Å²) in [6.07, 6.45) is -2.16. The van der Waals surface area contributed by atoms with Crippen LogP contribution in [0.2, 0.25) is 0 Å². The lowest BCUT2D eigenvalue weighted by molar-refractivity contribution is 0.0987. The molecule has 0 aliphatic heterocycles. The van der Waals surface area contributed by atoms with Crippen molar-refractivity contribution >= 4 is 40.6 Å². The highest BCUT2D eigenvalue weighted by Crippen LogP contribution is 2.32. The lowest BCUT2D eigenvalue weighted by atomic mass is 10.1. The number of anilines is 1. The summed E-state index contributed by atoms with van der Waals surface area (Å²) in [6, 6.07) is 10.3. The van der Waals surface area contributed by atoms with Gasteiger partial charge in [-0.3, -0.25) is 9.59 Å². The number of ether oxygens (including phenoxy) is 4. The highest BCUT2D eigenvalue weighted by Gasteiger charge is 2.22. The Hall–Kier alpha value is -3.59. The Morgan fingerprint density at radius 2 is 1.52 bits per heavy atom. The van der Waals surface area contributed by atoms with Crippen molar-refractivity contribution in [2.45, 2.75) is 0 Å². The lowest BCUT2D eigenvalue weighted by Crippen LogP contribution is -2.18. The van der Waals surface area contributed by atoms with Crippen LogP contribution >= 0.6 is 11.6 Å². The van der Waals surface area contributed by atoms with E-state index < -0.39 is 23.3 Å². The molecule has 0 amide bonds. The van der Waals surface area contributed by atoms with E-state index in [-0.39, 0.29) is 23.6 Å². The molecule has 0 aromatic heterocycles. The van der Waals surface area contributed by atoms with Gasteiger partial charge in [-0.2, -0.15) is 0 Å². The van der Waals surface area contributed by atoms with Crippen molar-refractivity contribution in [3.8, 4) is 11.5 Å². The number of methoxy groups -OCH3 is 2. The van der Waals surface area contributed by atoms with Crippen molar-refractivity contribution < 1.29 is 38.1 Å². The molecule has 2 aromatic rings. The van der Waals surface area contributed by atoms with Crippen molar-refractivity contribution in [1.82, 2.24) is 0 Å². The lowest BCUT2D eigenvalue weighted by Gasteiger charge is -2.13. The van der Waals surface area contributed by atoms with Crippen molar-refractivity contribution in [2.75, 3.05) is 26.1 Å². The molecule has 152 valence electrons. The third-order valence-corrected chi connectivity index (χ3v) is 3.77. The highest BCUT2D eigenvalue weighted by atomic mass is 35.5. The van der Waals surface area contributed by atoms with Crippen LogP contribution < -0.4 is 14.8 Å². The van der Waals surface area contributed by atoms with Gasteiger partial charge < -0.3 is 24.3 Å². The van der Waals surface area contributed by atoms with Gasteiger partial charge in [0.1, 0.15) is 0 Å². The number of halogens is 1. The SMILES string of the molecule is COC(=O)Oc1cccc(C(=O)CNc2ccc(C(=O)Cl)cc2)c1OC(=O)OC. The van der Waals surface area contributed by atoms with Gasteiger partial charge in [-0.15, -0.1) is 0 Å². The summed E-state index contributed by atoms with van der Waals surface area (Å²) in [6.45, 7) is -0.187.